The van der Waals surface area contributed by atoms with E-state index in [1.807, 2.05) is 19.1 Å². The number of hydrogen-bond donors (Lipinski definition) is 2. The van der Waals surface area contributed by atoms with Crippen LogP contribution in [0.3, 0.4) is 0 Å². The van der Waals surface area contributed by atoms with Crippen LogP contribution in [0.5, 0.6) is 0 Å². The molecule has 0 saturated heterocycles. The maximum atomic E-state index is 13.5. The van der Waals surface area contributed by atoms with E-state index in [-0.39, 0.29) is 36.5 Å². The zero-order chi connectivity index (χ0) is 30.0. The number of carbonyl (C=O) groups excluding carboxylic acids is 3. The highest BCUT2D eigenvalue weighted by molar-refractivity contribution is 6.30. The first kappa shape index (κ1) is 29.3. The third kappa shape index (κ3) is 6.33. The Morgan fingerprint density at radius 3 is 2.57 bits per heavy atom. The lowest BCUT2D eigenvalue weighted by atomic mass is 9.94. The number of para-hydroxylation sites is 1. The van der Waals surface area contributed by atoms with Gasteiger partial charge in [-0.15, -0.1) is 5.10 Å². The molecule has 3 heterocycles. The van der Waals surface area contributed by atoms with Crippen LogP contribution in [-0.4, -0.2) is 50.2 Å². The van der Waals surface area contributed by atoms with Crippen molar-refractivity contribution < 1.29 is 27.6 Å². The normalized spacial score (nSPS) is 20.5. The third-order valence-corrected chi connectivity index (χ3v) is 7.74. The second kappa shape index (κ2) is 12.0. The molecule has 0 spiro atoms. The third-order valence-electron chi connectivity index (χ3n) is 7.51. The number of nitrogens with one attached hydrogen (secondary N) is 2. The van der Waals surface area contributed by atoms with E-state index in [1.165, 1.54) is 23.1 Å². The van der Waals surface area contributed by atoms with Gasteiger partial charge in [0, 0.05) is 41.4 Å². The standard InChI is InChI=1S/C29H28ClF3N6O3/c1-17-5-4-8-24(28(42)34-15-19-6-2-3-7-22(19)35-27(17)41)38-12-11-18(13-26(38)40)21-14-20(30)9-10-23(21)39-16-25(36-37-39)29(31,32)33/h2-3,6-7,9-10,13-14,16-17,24H,4-5,8,11-12,15H2,1H3,(H,34,42)(H,35,41)/t17-,24+/m1/s1. The molecule has 0 aliphatic carbocycles. The van der Waals surface area contributed by atoms with Gasteiger partial charge in [-0.05, 0) is 54.7 Å². The monoisotopic (exact) mass is 600 g/mol. The fourth-order valence-electron chi connectivity index (χ4n) is 5.18. The summed E-state index contributed by atoms with van der Waals surface area (Å²) in [5.41, 5.74) is 1.49. The van der Waals surface area contributed by atoms with E-state index in [4.69, 9.17) is 11.6 Å². The summed E-state index contributed by atoms with van der Waals surface area (Å²) < 4.78 is 40.4. The smallest absolute Gasteiger partial charge is 0.350 e. The van der Waals surface area contributed by atoms with Crippen LogP contribution >= 0.6 is 11.6 Å². The van der Waals surface area contributed by atoms with E-state index in [2.05, 4.69) is 20.9 Å². The summed E-state index contributed by atoms with van der Waals surface area (Å²) in [6.07, 6.45) is -0.740. The summed E-state index contributed by atoms with van der Waals surface area (Å²) in [7, 11) is 0. The highest BCUT2D eigenvalue weighted by atomic mass is 35.5. The van der Waals surface area contributed by atoms with E-state index in [0.717, 1.165) is 16.4 Å². The van der Waals surface area contributed by atoms with Crippen molar-refractivity contribution in [1.82, 2.24) is 25.2 Å². The molecule has 2 atom stereocenters. The molecule has 42 heavy (non-hydrogen) atoms. The van der Waals surface area contributed by atoms with Gasteiger partial charge in [-0.3, -0.25) is 14.4 Å². The number of carbonyl (C=O) groups is 3. The molecule has 1 aromatic heterocycles. The summed E-state index contributed by atoms with van der Waals surface area (Å²) in [5, 5.41) is 13.0. The summed E-state index contributed by atoms with van der Waals surface area (Å²) in [5.74, 6) is -1.12. The second-order valence-electron chi connectivity index (χ2n) is 10.4. The summed E-state index contributed by atoms with van der Waals surface area (Å²) >= 11 is 6.22. The van der Waals surface area contributed by atoms with Crippen molar-refractivity contribution >= 4 is 40.6 Å². The van der Waals surface area contributed by atoms with Gasteiger partial charge < -0.3 is 15.5 Å². The Morgan fingerprint density at radius 1 is 1.05 bits per heavy atom. The van der Waals surface area contributed by atoms with E-state index < -0.39 is 23.8 Å². The maximum absolute atomic E-state index is 13.5. The minimum absolute atomic E-state index is 0.111. The van der Waals surface area contributed by atoms with Crippen molar-refractivity contribution in [2.75, 3.05) is 11.9 Å². The average molecular weight is 601 g/mol. The molecule has 0 unspecified atom stereocenters. The number of amides is 3. The predicted octanol–water partition coefficient (Wildman–Crippen LogP) is 5.00. The Hall–Kier alpha value is -4.19. The predicted molar refractivity (Wildman–Crippen MR) is 149 cm³/mol. The van der Waals surface area contributed by atoms with E-state index >= 15 is 0 Å². The lowest BCUT2D eigenvalue weighted by molar-refractivity contribution is -0.141. The first-order valence-electron chi connectivity index (χ1n) is 13.5. The van der Waals surface area contributed by atoms with Crippen LogP contribution in [0, 0.1) is 5.92 Å². The van der Waals surface area contributed by atoms with Gasteiger partial charge in [0.05, 0.1) is 11.9 Å². The van der Waals surface area contributed by atoms with Crippen LogP contribution in [0.2, 0.25) is 5.02 Å². The average Bonchev–Trinajstić information content (AvgIpc) is 3.45. The number of hydrogen-bond acceptors (Lipinski definition) is 5. The number of nitrogens with zero attached hydrogens (tertiary/aromatic N) is 4. The lowest BCUT2D eigenvalue weighted by Gasteiger charge is -2.34. The second-order valence-corrected chi connectivity index (χ2v) is 10.8. The van der Waals surface area contributed by atoms with Crippen LogP contribution in [0.25, 0.3) is 11.3 Å². The number of benzene rings is 2. The molecule has 5 rings (SSSR count). The van der Waals surface area contributed by atoms with E-state index in [0.29, 0.717) is 47.5 Å². The van der Waals surface area contributed by atoms with Crippen molar-refractivity contribution in [2.24, 2.45) is 5.92 Å². The summed E-state index contributed by atoms with van der Waals surface area (Å²) in [4.78, 5) is 41.1. The minimum atomic E-state index is -4.66. The van der Waals surface area contributed by atoms with Gasteiger partial charge in [0.25, 0.3) is 0 Å². The van der Waals surface area contributed by atoms with Gasteiger partial charge in [0.15, 0.2) is 5.69 Å². The lowest BCUT2D eigenvalue weighted by Crippen LogP contribution is -2.50. The first-order chi connectivity index (χ1) is 20.0. The number of rotatable bonds is 3. The van der Waals surface area contributed by atoms with Crippen molar-refractivity contribution in [1.29, 1.82) is 0 Å². The molecule has 3 amide bonds. The minimum Gasteiger partial charge on any atom is -0.350 e. The van der Waals surface area contributed by atoms with Crippen LogP contribution < -0.4 is 10.6 Å². The molecule has 3 aromatic rings. The van der Waals surface area contributed by atoms with Crippen LogP contribution in [-0.2, 0) is 27.1 Å². The van der Waals surface area contributed by atoms with Crippen LogP contribution in [0.4, 0.5) is 18.9 Å². The Balaban J connectivity index is 1.41. The molecule has 2 aliphatic heterocycles. The zero-order valence-corrected chi connectivity index (χ0v) is 23.4. The highest BCUT2D eigenvalue weighted by Crippen LogP contribution is 2.33. The van der Waals surface area contributed by atoms with Crippen molar-refractivity contribution in [2.45, 2.75) is 51.4 Å². The van der Waals surface area contributed by atoms with Crippen molar-refractivity contribution in [3.8, 4) is 5.69 Å². The fraction of sp³-hybridized carbons (Fsp3) is 0.345. The number of anilines is 1. The molecular formula is C29H28ClF3N6O3. The molecule has 0 bridgehead atoms. The molecule has 2 N–H and O–H groups in total. The van der Waals surface area contributed by atoms with Gasteiger partial charge in [-0.25, -0.2) is 4.68 Å². The first-order valence-corrected chi connectivity index (χ1v) is 13.9. The van der Waals surface area contributed by atoms with Crippen molar-refractivity contribution in [3.63, 3.8) is 0 Å². The van der Waals surface area contributed by atoms with Gasteiger partial charge in [0.2, 0.25) is 17.7 Å². The van der Waals surface area contributed by atoms with Gasteiger partial charge in [-0.1, -0.05) is 48.4 Å². The zero-order valence-electron chi connectivity index (χ0n) is 22.6. The molecule has 2 aromatic carbocycles. The quantitative estimate of drug-likeness (QED) is 0.440. The largest absolute Gasteiger partial charge is 0.436 e. The van der Waals surface area contributed by atoms with E-state index in [1.54, 1.807) is 18.2 Å². The molecule has 9 nitrogen and oxygen atoms in total. The molecule has 220 valence electrons. The van der Waals surface area contributed by atoms with Gasteiger partial charge in [0.1, 0.15) is 6.04 Å². The molecule has 2 aliphatic rings. The topological polar surface area (TPSA) is 109 Å². The number of aromatic nitrogens is 3. The number of fused-ring (bicyclic) bond motifs is 1. The highest BCUT2D eigenvalue weighted by Gasteiger charge is 2.35. The van der Waals surface area contributed by atoms with Gasteiger partial charge in [-0.2, -0.15) is 13.2 Å². The molecular weight excluding hydrogens is 573 g/mol. The molecule has 0 saturated carbocycles. The van der Waals surface area contributed by atoms with Gasteiger partial charge >= 0.3 is 6.18 Å². The molecule has 13 heteroatoms. The van der Waals surface area contributed by atoms with Crippen LogP contribution in [0.1, 0.15) is 49.4 Å². The summed E-state index contributed by atoms with van der Waals surface area (Å²) in [6.45, 7) is 2.20. The molecule has 0 radical (unpaired) electrons. The molecule has 0 fully saturated rings. The maximum Gasteiger partial charge on any atom is 0.436 e. The number of alkyl halides is 3. The number of halogens is 4. The Kier molecular flexibility index (Phi) is 8.35. The fourth-order valence-corrected chi connectivity index (χ4v) is 5.36. The van der Waals surface area contributed by atoms with E-state index in [9.17, 15) is 27.6 Å². The Morgan fingerprint density at radius 2 is 1.83 bits per heavy atom. The SMILES string of the molecule is C[C@@H]1CCC[C@H](N2CCC(c3cc(Cl)ccc3-n3cc(C(F)(F)F)nn3)=CC2=O)C(=O)NCc2ccccc2NC1=O. The van der Waals surface area contributed by atoms with Crippen LogP contribution in [0.15, 0.2) is 54.7 Å². The van der Waals surface area contributed by atoms with Crippen molar-refractivity contribution in [3.05, 3.63) is 76.6 Å². The Labute approximate surface area is 244 Å². The Bertz CT molecular complexity index is 1550. The summed E-state index contributed by atoms with van der Waals surface area (Å²) in [6, 6.07) is 11.0.